The van der Waals surface area contributed by atoms with Crippen LogP contribution in [-0.2, 0) is 42.8 Å². The zero-order chi connectivity index (χ0) is 50.0. The monoisotopic (exact) mass is 979 g/mol. The van der Waals surface area contributed by atoms with Gasteiger partial charge in [0, 0.05) is 36.8 Å². The van der Waals surface area contributed by atoms with E-state index in [1.54, 1.807) is 6.92 Å². The molecule has 1 amide bonds. The van der Waals surface area contributed by atoms with Gasteiger partial charge in [0.1, 0.15) is 41.9 Å². The normalized spacial score (nSPS) is 43.6. The van der Waals surface area contributed by atoms with E-state index in [9.17, 15) is 24.6 Å². The fraction of sp³-hybridized carbons (Fsp3) is 0.724. The van der Waals surface area contributed by atoms with Gasteiger partial charge >= 0.3 is 11.9 Å². The molecule has 3 saturated heterocycles. The number of allylic oxidation sites excluding steroid dienone is 5. The van der Waals surface area contributed by atoms with Gasteiger partial charge in [-0.1, -0.05) is 77.7 Å². The number of ether oxygens (including phenoxy) is 6. The molecule has 0 radical (unpaired) electrons. The van der Waals surface area contributed by atoms with E-state index in [-0.39, 0.29) is 72.3 Å². The van der Waals surface area contributed by atoms with Crippen LogP contribution in [0.3, 0.4) is 0 Å². The third-order valence-corrected chi connectivity index (χ3v) is 20.2. The Bertz CT molecular complexity index is 2410. The number of aliphatic hydroxyl groups is 2. The molecule has 7 aliphatic carbocycles. The van der Waals surface area contributed by atoms with E-state index in [0.717, 1.165) is 62.7 Å². The summed E-state index contributed by atoms with van der Waals surface area (Å²) in [7, 11) is 0. The lowest BCUT2D eigenvalue weighted by Gasteiger charge is -2.53. The predicted octanol–water partition coefficient (Wildman–Crippen LogP) is 8.74. The van der Waals surface area contributed by atoms with Crippen LogP contribution in [-0.4, -0.2) is 99.9 Å². The lowest BCUT2D eigenvalue weighted by Crippen LogP contribution is -2.70. The summed E-state index contributed by atoms with van der Waals surface area (Å²) in [4.78, 5) is 39.8. The number of hydrazone groups is 1. The fourth-order valence-electron chi connectivity index (χ4n) is 16.1. The zero-order valence-corrected chi connectivity index (χ0v) is 43.0. The Morgan fingerprint density at radius 1 is 0.901 bits per heavy atom. The van der Waals surface area contributed by atoms with E-state index in [0.29, 0.717) is 67.2 Å². The van der Waals surface area contributed by atoms with Crippen molar-refractivity contribution in [3.05, 3.63) is 71.1 Å². The van der Waals surface area contributed by atoms with Gasteiger partial charge in [0.15, 0.2) is 11.7 Å². The number of aliphatic hydroxyl groups excluding tert-OH is 2. The molecule has 11 rings (SSSR count). The van der Waals surface area contributed by atoms with Crippen molar-refractivity contribution >= 4 is 23.6 Å². The van der Waals surface area contributed by atoms with Crippen LogP contribution in [0.2, 0.25) is 0 Å². The molecule has 11 aliphatic rings. The van der Waals surface area contributed by atoms with Gasteiger partial charge in [0.2, 0.25) is 5.91 Å². The first-order chi connectivity index (χ1) is 33.9. The molecule has 13 heteroatoms. The van der Waals surface area contributed by atoms with Gasteiger partial charge < -0.3 is 38.6 Å². The molecule has 71 heavy (non-hydrogen) atoms. The minimum absolute atomic E-state index is 0.0477. The minimum atomic E-state index is -0.804. The predicted molar refractivity (Wildman–Crippen MR) is 265 cm³/mol. The number of amides is 1. The number of nitrogens with zero attached hydrogens (tertiary/aromatic N) is 1. The Labute approximate surface area is 420 Å². The first kappa shape index (κ1) is 49.3. The molecular formula is C58H78N2O11. The Morgan fingerprint density at radius 3 is 2.46 bits per heavy atom. The van der Waals surface area contributed by atoms with Crippen molar-refractivity contribution in [3.63, 3.8) is 0 Å². The van der Waals surface area contributed by atoms with Crippen LogP contribution in [0.25, 0.3) is 0 Å². The summed E-state index contributed by atoms with van der Waals surface area (Å²) < 4.78 is 38.5. The molecule has 0 aromatic heterocycles. The Kier molecular flexibility index (Phi) is 12.4. The van der Waals surface area contributed by atoms with Gasteiger partial charge in [0.05, 0.1) is 24.7 Å². The summed E-state index contributed by atoms with van der Waals surface area (Å²) in [5, 5.41) is 25.7. The number of rotatable bonds is 16. The van der Waals surface area contributed by atoms with Crippen LogP contribution in [0.1, 0.15) is 151 Å². The van der Waals surface area contributed by atoms with Gasteiger partial charge in [0.25, 0.3) is 0 Å². The average molecular weight is 979 g/mol. The van der Waals surface area contributed by atoms with Crippen LogP contribution < -0.4 is 5.43 Å². The number of esters is 2. The summed E-state index contributed by atoms with van der Waals surface area (Å²) in [6.07, 6.45) is 18.3. The molecule has 13 nitrogen and oxygen atoms in total. The number of nitrogens with one attached hydrogen (secondary N) is 1. The Balaban J connectivity index is 0.638. The van der Waals surface area contributed by atoms with Crippen LogP contribution in [0.5, 0.6) is 0 Å². The maximum Gasteiger partial charge on any atom is 0.306 e. The first-order valence-corrected chi connectivity index (χ1v) is 27.3. The summed E-state index contributed by atoms with van der Waals surface area (Å²) in [6, 6.07) is 0. The highest BCUT2D eigenvalue weighted by Gasteiger charge is 3.01. The lowest BCUT2D eigenvalue weighted by molar-refractivity contribution is -0.169. The standard InChI is InChI=1S/C58H78N2O11/c1-31(2)56-51(70-56)52-58(71-52)55(8)26-24-40-35(6)66-30-41(40)44(55)29-47-57(58,69-47)53(56)68-50(65)23-22-48(63)60-59-33(4)11-9-13-49(64)67-39-27-38(34(5)46(62)28-39)18-15-36-12-10-25-54(7)42(19-20-43(36)54)32(3)14-21-45(61)37-16-17-37/h14-15,18,21,31-32,37,39,42-47,51-53,61-62H,5-6,9-13,16-17,19-20,22-30H2,1-4,7-8H3,(H,60,63)/b21-14+,36-15+,38-18-,59-33+/t32-,39+,42?,43?,44-,45?,46-,47-,51-,52-,53+,54+,55-,56-,57+,58+/m0/s1. The third-order valence-electron chi connectivity index (χ3n) is 20.2. The molecule has 0 aromatic carbocycles. The van der Waals surface area contributed by atoms with Crippen molar-refractivity contribution in [3.8, 4) is 0 Å². The van der Waals surface area contributed by atoms with Gasteiger partial charge in [-0.05, 0) is 147 Å². The van der Waals surface area contributed by atoms with Gasteiger partial charge in [-0.3, -0.25) is 14.4 Å². The number of epoxide rings is 3. The molecular weight excluding hydrogens is 901 g/mol. The van der Waals surface area contributed by atoms with Crippen molar-refractivity contribution in [1.29, 1.82) is 0 Å². The number of carbonyl (C=O) groups is 3. The summed E-state index contributed by atoms with van der Waals surface area (Å²) >= 11 is 0. The molecule has 0 aromatic rings. The van der Waals surface area contributed by atoms with Crippen molar-refractivity contribution in [2.45, 2.75) is 210 Å². The minimum Gasteiger partial charge on any atom is -0.490 e. The molecule has 9 fully saturated rings. The molecule has 3 N–H and O–H groups in total. The largest absolute Gasteiger partial charge is 0.490 e. The number of hydrogen-bond donors (Lipinski definition) is 3. The van der Waals surface area contributed by atoms with Crippen LogP contribution in [0.4, 0.5) is 0 Å². The summed E-state index contributed by atoms with van der Waals surface area (Å²) in [5.41, 5.74) is 6.68. The van der Waals surface area contributed by atoms with E-state index >= 15 is 0 Å². The van der Waals surface area contributed by atoms with Crippen molar-refractivity contribution in [2.75, 3.05) is 6.61 Å². The second-order valence-corrected chi connectivity index (χ2v) is 24.4. The smallest absolute Gasteiger partial charge is 0.306 e. The Morgan fingerprint density at radius 2 is 1.69 bits per heavy atom. The van der Waals surface area contributed by atoms with Gasteiger partial charge in [-0.2, -0.15) is 5.10 Å². The Hall–Kier alpha value is -3.88. The maximum absolute atomic E-state index is 13.7. The van der Waals surface area contributed by atoms with E-state index in [2.05, 4.69) is 76.5 Å². The van der Waals surface area contributed by atoms with E-state index in [4.69, 9.17) is 28.4 Å². The van der Waals surface area contributed by atoms with E-state index in [1.807, 2.05) is 6.08 Å². The number of carbonyl (C=O) groups excluding carboxylic acids is 3. The molecule has 2 spiro atoms. The summed E-state index contributed by atoms with van der Waals surface area (Å²) in [5.74, 6) is 1.76. The molecule has 6 saturated carbocycles. The van der Waals surface area contributed by atoms with Crippen LogP contribution in [0.15, 0.2) is 76.2 Å². The zero-order valence-electron chi connectivity index (χ0n) is 43.0. The second kappa shape index (κ2) is 17.9. The van der Waals surface area contributed by atoms with E-state index < -0.39 is 47.0 Å². The molecule has 4 aliphatic heterocycles. The third kappa shape index (κ3) is 7.93. The first-order valence-electron chi connectivity index (χ1n) is 27.3. The van der Waals surface area contributed by atoms with Gasteiger partial charge in [-0.25, -0.2) is 5.43 Å². The van der Waals surface area contributed by atoms with Gasteiger partial charge in [-0.15, -0.1) is 0 Å². The number of fused-ring (bicyclic) bond motifs is 5. The van der Waals surface area contributed by atoms with Crippen molar-refractivity contribution < 1.29 is 53.0 Å². The molecule has 0 bridgehead atoms. The molecule has 386 valence electrons. The van der Waals surface area contributed by atoms with Crippen molar-refractivity contribution in [2.24, 2.45) is 51.4 Å². The van der Waals surface area contributed by atoms with Crippen LogP contribution >= 0.6 is 0 Å². The molecule has 16 atom stereocenters. The SMILES string of the molecule is C=C1OCC2=C1CC[C@@]1(C)[C@H]2C[C@@H]2O[C@@]23[C@H](OC(=O)CCC(=O)N/N=C(\C)CCCC(=O)O[C@@H]2C/C(=C/C=C4\CCC[C@@]5(C)C4CCC5[C@@H](C)/C=C/C(O)C4CC4)C(=C)[C@@H](O)C2)[C@@]2(C(C)C)O[C@H]2[C@@H]2O[C@@]231. The highest BCUT2D eigenvalue weighted by Crippen LogP contribution is 2.83. The second-order valence-electron chi connectivity index (χ2n) is 24.4. The highest BCUT2D eigenvalue weighted by atomic mass is 16.8. The van der Waals surface area contributed by atoms with Crippen molar-refractivity contribution in [1.82, 2.24) is 5.43 Å². The summed E-state index contributed by atoms with van der Waals surface area (Å²) in [6.45, 7) is 22.0. The van der Waals surface area contributed by atoms with E-state index in [1.165, 1.54) is 29.6 Å². The molecule has 4 heterocycles. The number of hydrogen-bond acceptors (Lipinski definition) is 12. The average Bonchev–Trinajstić information content (AvgIpc) is 4.17. The highest BCUT2D eigenvalue weighted by molar-refractivity contribution is 5.86. The van der Waals surface area contributed by atoms with Crippen LogP contribution in [0, 0.1) is 46.3 Å². The quantitative estimate of drug-likeness (QED) is 0.0443. The topological polar surface area (TPSA) is 181 Å². The molecule has 3 unspecified atom stereocenters. The lowest BCUT2D eigenvalue weighted by atomic mass is 9.46. The fourth-order valence-corrected chi connectivity index (χ4v) is 16.1. The maximum atomic E-state index is 13.7.